The van der Waals surface area contributed by atoms with E-state index in [2.05, 4.69) is 10.6 Å². The Balaban J connectivity index is 2.12. The third-order valence-corrected chi connectivity index (χ3v) is 3.28. The molecule has 0 aliphatic carbocycles. The zero-order chi connectivity index (χ0) is 11.0. The van der Waals surface area contributed by atoms with Gasteiger partial charge in [0.2, 0.25) is 5.91 Å². The fourth-order valence-electron chi connectivity index (χ4n) is 2.47. The Hall–Kier alpha value is -1.39. The molecule has 4 nitrogen and oxygen atoms in total. The van der Waals surface area contributed by atoms with Crippen molar-refractivity contribution in [2.75, 3.05) is 19.7 Å². The van der Waals surface area contributed by atoms with E-state index in [1.54, 1.807) is 0 Å². The van der Waals surface area contributed by atoms with Gasteiger partial charge in [0.25, 0.3) is 0 Å². The molecular formula is C12H14N2O2. The molecule has 0 saturated carbocycles. The van der Waals surface area contributed by atoms with Crippen LogP contribution in [0.2, 0.25) is 0 Å². The van der Waals surface area contributed by atoms with Crippen molar-refractivity contribution >= 4 is 5.91 Å². The highest BCUT2D eigenvalue weighted by Crippen LogP contribution is 2.31. The van der Waals surface area contributed by atoms with E-state index in [0.717, 1.165) is 17.7 Å². The molecule has 1 saturated heterocycles. The molecule has 1 unspecified atom stereocenters. The first-order valence-electron chi connectivity index (χ1n) is 5.52. The fourth-order valence-corrected chi connectivity index (χ4v) is 2.47. The first kappa shape index (κ1) is 9.81. The average molecular weight is 218 g/mol. The number of ether oxygens (including phenoxy) is 1. The summed E-state index contributed by atoms with van der Waals surface area (Å²) in [4.78, 5) is 12.1. The van der Waals surface area contributed by atoms with E-state index in [-0.39, 0.29) is 5.91 Å². The second kappa shape index (κ2) is 3.57. The molecule has 1 atom stereocenters. The summed E-state index contributed by atoms with van der Waals surface area (Å²) >= 11 is 0. The van der Waals surface area contributed by atoms with Crippen molar-refractivity contribution in [2.24, 2.45) is 0 Å². The second-order valence-corrected chi connectivity index (χ2v) is 4.24. The molecule has 0 aromatic heterocycles. The van der Waals surface area contributed by atoms with E-state index < -0.39 is 5.54 Å². The van der Waals surface area contributed by atoms with E-state index in [1.165, 1.54) is 0 Å². The van der Waals surface area contributed by atoms with Crippen LogP contribution in [-0.2, 0) is 21.7 Å². The van der Waals surface area contributed by atoms with Crippen LogP contribution in [0.4, 0.5) is 0 Å². The smallest absolute Gasteiger partial charge is 0.247 e. The van der Waals surface area contributed by atoms with Crippen LogP contribution in [0.25, 0.3) is 0 Å². The molecule has 1 aromatic carbocycles. The molecule has 1 spiro atoms. The maximum Gasteiger partial charge on any atom is 0.247 e. The molecule has 84 valence electrons. The normalized spacial score (nSPS) is 28.6. The largest absolute Gasteiger partial charge is 0.374 e. The van der Waals surface area contributed by atoms with Crippen LogP contribution in [0.5, 0.6) is 0 Å². The Morgan fingerprint density at radius 3 is 3.00 bits per heavy atom. The van der Waals surface area contributed by atoms with Crippen molar-refractivity contribution in [1.82, 2.24) is 10.6 Å². The monoisotopic (exact) mass is 218 g/mol. The summed E-state index contributed by atoms with van der Waals surface area (Å²) in [7, 11) is 0. The van der Waals surface area contributed by atoms with Crippen LogP contribution in [-0.4, -0.2) is 25.6 Å². The average Bonchev–Trinajstić information content (AvgIpc) is 2.34. The van der Waals surface area contributed by atoms with E-state index in [0.29, 0.717) is 19.8 Å². The summed E-state index contributed by atoms with van der Waals surface area (Å²) in [5, 5.41) is 6.21. The molecule has 2 N–H and O–H groups in total. The molecule has 2 aliphatic heterocycles. The summed E-state index contributed by atoms with van der Waals surface area (Å²) in [6.07, 6.45) is 0. The number of amides is 1. The Kier molecular flexibility index (Phi) is 2.19. The SMILES string of the molecule is O=C1NCCNC12COCc1ccccc12. The maximum atomic E-state index is 12.1. The van der Waals surface area contributed by atoms with Crippen molar-refractivity contribution in [1.29, 1.82) is 0 Å². The Bertz CT molecular complexity index is 433. The van der Waals surface area contributed by atoms with Gasteiger partial charge >= 0.3 is 0 Å². The number of piperazine rings is 1. The predicted octanol–water partition coefficient (Wildman–Crippen LogP) is 0.131. The van der Waals surface area contributed by atoms with Gasteiger partial charge in [-0.3, -0.25) is 10.1 Å². The van der Waals surface area contributed by atoms with Gasteiger partial charge in [-0.25, -0.2) is 0 Å². The fraction of sp³-hybridized carbons (Fsp3) is 0.417. The minimum Gasteiger partial charge on any atom is -0.374 e. The van der Waals surface area contributed by atoms with Gasteiger partial charge in [-0.05, 0) is 11.1 Å². The molecule has 0 bridgehead atoms. The van der Waals surface area contributed by atoms with Crippen molar-refractivity contribution in [3.05, 3.63) is 35.4 Å². The first-order valence-corrected chi connectivity index (χ1v) is 5.52. The number of hydrogen-bond acceptors (Lipinski definition) is 3. The first-order chi connectivity index (χ1) is 7.83. The molecule has 2 heterocycles. The molecule has 2 aliphatic rings. The van der Waals surface area contributed by atoms with Gasteiger partial charge in [-0.1, -0.05) is 24.3 Å². The summed E-state index contributed by atoms with van der Waals surface area (Å²) in [6.45, 7) is 2.47. The molecule has 1 fully saturated rings. The van der Waals surface area contributed by atoms with E-state index >= 15 is 0 Å². The highest BCUT2D eigenvalue weighted by molar-refractivity contribution is 5.89. The van der Waals surface area contributed by atoms with Gasteiger partial charge in [0.15, 0.2) is 0 Å². The highest BCUT2D eigenvalue weighted by Gasteiger charge is 2.45. The highest BCUT2D eigenvalue weighted by atomic mass is 16.5. The topological polar surface area (TPSA) is 50.4 Å². The van der Waals surface area contributed by atoms with Crippen LogP contribution >= 0.6 is 0 Å². The Morgan fingerprint density at radius 2 is 2.12 bits per heavy atom. The van der Waals surface area contributed by atoms with E-state index in [1.807, 2.05) is 24.3 Å². The Morgan fingerprint density at radius 1 is 1.25 bits per heavy atom. The predicted molar refractivity (Wildman–Crippen MR) is 58.8 cm³/mol. The van der Waals surface area contributed by atoms with Gasteiger partial charge < -0.3 is 10.1 Å². The lowest BCUT2D eigenvalue weighted by molar-refractivity contribution is -0.134. The minimum absolute atomic E-state index is 0.0194. The van der Waals surface area contributed by atoms with Gasteiger partial charge in [-0.2, -0.15) is 0 Å². The van der Waals surface area contributed by atoms with Gasteiger partial charge in [0.05, 0.1) is 13.2 Å². The molecule has 0 radical (unpaired) electrons. The summed E-state index contributed by atoms with van der Waals surface area (Å²) in [6, 6.07) is 7.97. The number of fused-ring (bicyclic) bond motifs is 2. The maximum absolute atomic E-state index is 12.1. The van der Waals surface area contributed by atoms with Crippen LogP contribution in [0.3, 0.4) is 0 Å². The van der Waals surface area contributed by atoms with Crippen molar-refractivity contribution < 1.29 is 9.53 Å². The molecule has 16 heavy (non-hydrogen) atoms. The van der Waals surface area contributed by atoms with Crippen LogP contribution in [0, 0.1) is 0 Å². The third kappa shape index (κ3) is 1.27. The zero-order valence-electron chi connectivity index (χ0n) is 8.95. The molecule has 1 aromatic rings. The number of carbonyl (C=O) groups excluding carboxylic acids is 1. The standard InChI is InChI=1S/C12H14N2O2/c15-11-12(14-6-5-13-11)8-16-7-9-3-1-2-4-10(9)12/h1-4,14H,5-8H2,(H,13,15). The number of benzene rings is 1. The molecule has 3 rings (SSSR count). The quantitative estimate of drug-likeness (QED) is 0.651. The molecule has 1 amide bonds. The van der Waals surface area contributed by atoms with Crippen molar-refractivity contribution in [2.45, 2.75) is 12.1 Å². The lowest BCUT2D eigenvalue weighted by Crippen LogP contribution is -2.64. The van der Waals surface area contributed by atoms with Gasteiger partial charge in [0, 0.05) is 13.1 Å². The summed E-state index contributed by atoms with van der Waals surface area (Å²) < 4.78 is 5.54. The van der Waals surface area contributed by atoms with E-state index in [4.69, 9.17) is 4.74 Å². The number of rotatable bonds is 0. The Labute approximate surface area is 94.0 Å². The van der Waals surface area contributed by atoms with Crippen LogP contribution in [0.1, 0.15) is 11.1 Å². The number of hydrogen-bond donors (Lipinski definition) is 2. The summed E-state index contributed by atoms with van der Waals surface area (Å²) in [5.41, 5.74) is 1.48. The van der Waals surface area contributed by atoms with Gasteiger partial charge in [0.1, 0.15) is 5.54 Å². The third-order valence-electron chi connectivity index (χ3n) is 3.28. The van der Waals surface area contributed by atoms with Gasteiger partial charge in [-0.15, -0.1) is 0 Å². The molecular weight excluding hydrogens is 204 g/mol. The van der Waals surface area contributed by atoms with Crippen molar-refractivity contribution in [3.8, 4) is 0 Å². The van der Waals surface area contributed by atoms with Crippen molar-refractivity contribution in [3.63, 3.8) is 0 Å². The second-order valence-electron chi connectivity index (χ2n) is 4.24. The molecule has 4 heteroatoms. The zero-order valence-corrected chi connectivity index (χ0v) is 8.95. The lowest BCUT2D eigenvalue weighted by atomic mass is 9.83. The number of nitrogens with one attached hydrogen (secondary N) is 2. The minimum atomic E-state index is -0.674. The number of carbonyl (C=O) groups is 1. The lowest BCUT2D eigenvalue weighted by Gasteiger charge is -2.41. The van der Waals surface area contributed by atoms with Crippen LogP contribution < -0.4 is 10.6 Å². The van der Waals surface area contributed by atoms with E-state index in [9.17, 15) is 4.79 Å². The van der Waals surface area contributed by atoms with Crippen LogP contribution in [0.15, 0.2) is 24.3 Å². The summed E-state index contributed by atoms with van der Waals surface area (Å²) in [5.74, 6) is 0.0194.